The molecule has 0 saturated carbocycles. The van der Waals surface area contributed by atoms with Crippen LogP contribution >= 0.6 is 12.6 Å². The number of thiol groups is 1. The molecule has 1 unspecified atom stereocenters. The molecule has 1 fully saturated rings. The van der Waals surface area contributed by atoms with Crippen molar-refractivity contribution < 1.29 is 13.5 Å². The summed E-state index contributed by atoms with van der Waals surface area (Å²) in [5, 5.41) is 0. The SMILES string of the molecule is FC(F)C1(S)CCOC1. The summed E-state index contributed by atoms with van der Waals surface area (Å²) in [6, 6.07) is 0. The molecule has 0 spiro atoms. The van der Waals surface area contributed by atoms with Gasteiger partial charge in [-0.25, -0.2) is 8.78 Å². The Balaban J connectivity index is 2.51. The van der Waals surface area contributed by atoms with Gasteiger partial charge in [0.15, 0.2) is 0 Å². The fourth-order valence-corrected chi connectivity index (χ4v) is 0.925. The Hall–Kier alpha value is 0.170. The summed E-state index contributed by atoms with van der Waals surface area (Å²) in [5.41, 5.74) is 0. The first-order valence-electron chi connectivity index (χ1n) is 2.73. The molecule has 1 atom stereocenters. The second-order valence-electron chi connectivity index (χ2n) is 2.21. The van der Waals surface area contributed by atoms with E-state index in [4.69, 9.17) is 4.74 Å². The fourth-order valence-electron chi connectivity index (χ4n) is 0.742. The van der Waals surface area contributed by atoms with Crippen LogP contribution in [0.1, 0.15) is 6.42 Å². The molecule has 0 aliphatic carbocycles. The van der Waals surface area contributed by atoms with Crippen LogP contribution in [-0.4, -0.2) is 24.4 Å². The maximum Gasteiger partial charge on any atom is 0.255 e. The molecule has 0 bridgehead atoms. The normalized spacial score (nSPS) is 36.0. The van der Waals surface area contributed by atoms with Gasteiger partial charge in [-0.2, -0.15) is 12.6 Å². The number of hydrogen-bond donors (Lipinski definition) is 1. The van der Waals surface area contributed by atoms with Gasteiger partial charge >= 0.3 is 0 Å². The number of alkyl halides is 2. The molecule has 9 heavy (non-hydrogen) atoms. The van der Waals surface area contributed by atoms with Gasteiger partial charge in [-0.1, -0.05) is 0 Å². The molecule has 0 amide bonds. The zero-order valence-electron chi connectivity index (χ0n) is 4.81. The van der Waals surface area contributed by atoms with Crippen LogP contribution in [0.5, 0.6) is 0 Å². The van der Waals surface area contributed by atoms with Crippen LogP contribution in [0.4, 0.5) is 8.78 Å². The van der Waals surface area contributed by atoms with E-state index < -0.39 is 11.2 Å². The first kappa shape index (κ1) is 7.28. The summed E-state index contributed by atoms with van der Waals surface area (Å²) in [4.78, 5) is 0. The smallest absolute Gasteiger partial charge is 0.255 e. The molecule has 1 nitrogen and oxygen atoms in total. The van der Waals surface area contributed by atoms with E-state index in [0.29, 0.717) is 13.0 Å². The molecule has 1 aliphatic rings. The van der Waals surface area contributed by atoms with Gasteiger partial charge in [0.25, 0.3) is 6.43 Å². The van der Waals surface area contributed by atoms with Crippen LogP contribution in [0.2, 0.25) is 0 Å². The summed E-state index contributed by atoms with van der Waals surface area (Å²) in [7, 11) is 0. The highest BCUT2D eigenvalue weighted by Gasteiger charge is 2.39. The lowest BCUT2D eigenvalue weighted by molar-refractivity contribution is 0.0861. The minimum atomic E-state index is -2.37. The van der Waals surface area contributed by atoms with Crippen LogP contribution in [0.3, 0.4) is 0 Å². The third-order valence-corrected chi connectivity index (χ3v) is 1.99. The zero-order chi connectivity index (χ0) is 6.91. The van der Waals surface area contributed by atoms with Gasteiger partial charge in [0.2, 0.25) is 0 Å². The number of rotatable bonds is 1. The summed E-state index contributed by atoms with van der Waals surface area (Å²) in [6.45, 7) is 0.488. The van der Waals surface area contributed by atoms with Crippen molar-refractivity contribution in [3.8, 4) is 0 Å². The van der Waals surface area contributed by atoms with Crippen molar-refractivity contribution in [3.05, 3.63) is 0 Å². The van der Waals surface area contributed by atoms with Gasteiger partial charge in [0, 0.05) is 6.61 Å². The van der Waals surface area contributed by atoms with Crippen molar-refractivity contribution in [2.45, 2.75) is 17.6 Å². The predicted octanol–water partition coefficient (Wildman–Crippen LogP) is 1.34. The molecule has 0 aromatic carbocycles. The van der Waals surface area contributed by atoms with E-state index in [2.05, 4.69) is 12.6 Å². The highest BCUT2D eigenvalue weighted by Crippen LogP contribution is 2.31. The van der Waals surface area contributed by atoms with E-state index in [0.717, 1.165) is 0 Å². The molecule has 0 aromatic rings. The second kappa shape index (κ2) is 2.42. The van der Waals surface area contributed by atoms with Crippen molar-refractivity contribution in [1.29, 1.82) is 0 Å². The first-order valence-corrected chi connectivity index (χ1v) is 3.18. The van der Waals surface area contributed by atoms with Crippen LogP contribution in [0.15, 0.2) is 0 Å². The predicted molar refractivity (Wildman–Crippen MR) is 33.2 cm³/mol. The van der Waals surface area contributed by atoms with E-state index in [1.54, 1.807) is 0 Å². The topological polar surface area (TPSA) is 9.23 Å². The average molecular weight is 154 g/mol. The minimum Gasteiger partial charge on any atom is -0.380 e. The van der Waals surface area contributed by atoms with Crippen LogP contribution in [-0.2, 0) is 4.74 Å². The zero-order valence-corrected chi connectivity index (χ0v) is 5.70. The highest BCUT2D eigenvalue weighted by molar-refractivity contribution is 7.81. The van der Waals surface area contributed by atoms with Crippen molar-refractivity contribution in [2.24, 2.45) is 0 Å². The van der Waals surface area contributed by atoms with E-state index in [1.807, 2.05) is 0 Å². The average Bonchev–Trinajstić information content (AvgIpc) is 2.16. The molecule has 1 heterocycles. The monoisotopic (exact) mass is 154 g/mol. The molecule has 0 radical (unpaired) electrons. The lowest BCUT2D eigenvalue weighted by atomic mass is 10.1. The Morgan fingerprint density at radius 2 is 2.22 bits per heavy atom. The maximum atomic E-state index is 12.0. The van der Waals surface area contributed by atoms with Crippen LogP contribution in [0, 0.1) is 0 Å². The van der Waals surface area contributed by atoms with E-state index in [-0.39, 0.29) is 6.61 Å². The number of halogens is 2. The number of ether oxygens (including phenoxy) is 1. The highest BCUT2D eigenvalue weighted by atomic mass is 32.1. The van der Waals surface area contributed by atoms with Gasteiger partial charge in [0.05, 0.1) is 11.4 Å². The Kier molecular flexibility index (Phi) is 1.96. The first-order chi connectivity index (χ1) is 4.15. The van der Waals surface area contributed by atoms with Gasteiger partial charge in [-0.15, -0.1) is 0 Å². The van der Waals surface area contributed by atoms with Gasteiger partial charge < -0.3 is 4.74 Å². The molecule has 0 N–H and O–H groups in total. The standard InChI is InChI=1S/C5H8F2OS/c6-4(7)5(9)1-2-8-3-5/h4,9H,1-3H2. The van der Waals surface area contributed by atoms with Gasteiger partial charge in [-0.3, -0.25) is 0 Å². The summed E-state index contributed by atoms with van der Waals surface area (Å²) in [5.74, 6) is 0. The molecule has 0 aromatic heterocycles. The van der Waals surface area contributed by atoms with Gasteiger partial charge in [-0.05, 0) is 6.42 Å². The van der Waals surface area contributed by atoms with Crippen LogP contribution < -0.4 is 0 Å². The molecule has 1 aliphatic heterocycles. The largest absolute Gasteiger partial charge is 0.380 e. The molecule has 4 heteroatoms. The summed E-state index contributed by atoms with van der Waals surface area (Å²) in [6.07, 6.45) is -2.02. The molecular weight excluding hydrogens is 146 g/mol. The van der Waals surface area contributed by atoms with Crippen LogP contribution in [0.25, 0.3) is 0 Å². The van der Waals surface area contributed by atoms with E-state index in [1.165, 1.54) is 0 Å². The lowest BCUT2D eigenvalue weighted by Gasteiger charge is -2.17. The maximum absolute atomic E-state index is 12.0. The van der Waals surface area contributed by atoms with Crippen molar-refractivity contribution in [1.82, 2.24) is 0 Å². The van der Waals surface area contributed by atoms with Crippen molar-refractivity contribution in [3.63, 3.8) is 0 Å². The molecule has 54 valence electrons. The summed E-state index contributed by atoms with van der Waals surface area (Å²) < 4.78 is 27.5. The number of hydrogen-bond acceptors (Lipinski definition) is 2. The fraction of sp³-hybridized carbons (Fsp3) is 1.00. The molecule has 1 rings (SSSR count). The van der Waals surface area contributed by atoms with Gasteiger partial charge in [0.1, 0.15) is 0 Å². The second-order valence-corrected chi connectivity index (χ2v) is 3.10. The summed E-state index contributed by atoms with van der Waals surface area (Å²) >= 11 is 3.80. The van der Waals surface area contributed by atoms with E-state index in [9.17, 15) is 8.78 Å². The minimum absolute atomic E-state index is 0.0772. The van der Waals surface area contributed by atoms with Crippen molar-refractivity contribution >= 4 is 12.6 Å². The van der Waals surface area contributed by atoms with E-state index >= 15 is 0 Å². The third-order valence-electron chi connectivity index (χ3n) is 1.44. The Morgan fingerprint density at radius 1 is 1.56 bits per heavy atom. The molecular formula is C5H8F2OS. The quantitative estimate of drug-likeness (QED) is 0.561. The lowest BCUT2D eigenvalue weighted by Crippen LogP contribution is -2.30. The Labute approximate surface area is 57.8 Å². The Morgan fingerprint density at radius 3 is 2.44 bits per heavy atom. The molecule has 1 saturated heterocycles. The third kappa shape index (κ3) is 1.35. The Bertz CT molecular complexity index is 101. The van der Waals surface area contributed by atoms with Crippen molar-refractivity contribution in [2.75, 3.05) is 13.2 Å².